The molecule has 1 fully saturated rings. The van der Waals surface area contributed by atoms with E-state index in [-0.39, 0.29) is 11.8 Å². The van der Waals surface area contributed by atoms with E-state index in [0.717, 1.165) is 38.3 Å². The quantitative estimate of drug-likeness (QED) is 0.910. The summed E-state index contributed by atoms with van der Waals surface area (Å²) in [5.74, 6) is 0.0570. The molecule has 6 nitrogen and oxygen atoms in total. The molecule has 1 saturated heterocycles. The fourth-order valence-corrected chi connectivity index (χ4v) is 2.64. The molecule has 22 heavy (non-hydrogen) atoms. The Labute approximate surface area is 131 Å². The van der Waals surface area contributed by atoms with Crippen LogP contribution in [-0.2, 0) is 4.79 Å². The molecular weight excluding hydrogens is 280 g/mol. The van der Waals surface area contributed by atoms with Gasteiger partial charge in [0.15, 0.2) is 0 Å². The molecule has 0 bridgehead atoms. The second kappa shape index (κ2) is 7.77. The summed E-state index contributed by atoms with van der Waals surface area (Å²) in [7, 11) is 0. The first-order valence-electron chi connectivity index (χ1n) is 7.92. The molecule has 0 atom stereocenters. The number of nitrogens with one attached hydrogen (secondary N) is 1. The standard InChI is InChI=1S/C16H24N4O2/c1-3-15(21)20-9-5-8-19(10-11-20)13-6-7-18-14(12-13)16(22)17-4-2/h6-7,12H,3-5,8-11H2,1-2H3,(H,17,22). The van der Waals surface area contributed by atoms with Gasteiger partial charge in [-0.3, -0.25) is 14.6 Å². The van der Waals surface area contributed by atoms with Gasteiger partial charge in [0.2, 0.25) is 5.91 Å². The van der Waals surface area contributed by atoms with Gasteiger partial charge in [-0.1, -0.05) is 6.92 Å². The highest BCUT2D eigenvalue weighted by Crippen LogP contribution is 2.17. The summed E-state index contributed by atoms with van der Waals surface area (Å²) in [5.41, 5.74) is 1.42. The first-order valence-corrected chi connectivity index (χ1v) is 7.92. The van der Waals surface area contributed by atoms with Gasteiger partial charge in [0.1, 0.15) is 5.69 Å². The smallest absolute Gasteiger partial charge is 0.269 e. The summed E-state index contributed by atoms with van der Waals surface area (Å²) in [6, 6.07) is 3.74. The van der Waals surface area contributed by atoms with Gasteiger partial charge in [-0.2, -0.15) is 0 Å². The van der Waals surface area contributed by atoms with Gasteiger partial charge in [0.25, 0.3) is 5.91 Å². The summed E-state index contributed by atoms with van der Waals surface area (Å²) in [4.78, 5) is 32.0. The van der Waals surface area contributed by atoms with E-state index >= 15 is 0 Å². The maximum Gasteiger partial charge on any atom is 0.269 e. The minimum atomic E-state index is -0.151. The predicted molar refractivity (Wildman–Crippen MR) is 85.9 cm³/mol. The molecule has 2 rings (SSSR count). The lowest BCUT2D eigenvalue weighted by atomic mass is 10.2. The zero-order valence-electron chi connectivity index (χ0n) is 13.3. The summed E-state index contributed by atoms with van der Waals surface area (Å²) in [5, 5.41) is 2.76. The van der Waals surface area contributed by atoms with Crippen LogP contribution >= 0.6 is 0 Å². The summed E-state index contributed by atoms with van der Waals surface area (Å²) >= 11 is 0. The van der Waals surface area contributed by atoms with Crippen molar-refractivity contribution in [2.75, 3.05) is 37.6 Å². The lowest BCUT2D eigenvalue weighted by molar-refractivity contribution is -0.130. The Kier molecular flexibility index (Phi) is 5.75. The number of aromatic nitrogens is 1. The number of carbonyl (C=O) groups is 2. The van der Waals surface area contributed by atoms with Crippen molar-refractivity contribution in [3.8, 4) is 0 Å². The van der Waals surface area contributed by atoms with Gasteiger partial charge < -0.3 is 15.1 Å². The molecule has 0 aliphatic carbocycles. The fraction of sp³-hybridized carbons (Fsp3) is 0.562. The SMILES string of the molecule is CCNC(=O)c1cc(N2CCCN(C(=O)CC)CC2)ccn1. The summed E-state index contributed by atoms with van der Waals surface area (Å²) in [6.45, 7) is 7.56. The summed E-state index contributed by atoms with van der Waals surface area (Å²) < 4.78 is 0. The van der Waals surface area contributed by atoms with Crippen molar-refractivity contribution in [3.63, 3.8) is 0 Å². The van der Waals surface area contributed by atoms with Gasteiger partial charge in [0.05, 0.1) is 0 Å². The van der Waals surface area contributed by atoms with E-state index in [1.807, 2.05) is 30.9 Å². The average Bonchev–Trinajstić information content (AvgIpc) is 2.80. The van der Waals surface area contributed by atoms with Crippen LogP contribution in [0.2, 0.25) is 0 Å². The Balaban J connectivity index is 2.07. The number of rotatable bonds is 4. The summed E-state index contributed by atoms with van der Waals surface area (Å²) in [6.07, 6.45) is 3.15. The van der Waals surface area contributed by atoms with Crippen LogP contribution in [0.5, 0.6) is 0 Å². The highest BCUT2D eigenvalue weighted by atomic mass is 16.2. The number of hydrogen-bond donors (Lipinski definition) is 1. The van der Waals surface area contributed by atoms with Crippen LogP contribution in [0.25, 0.3) is 0 Å². The molecule has 0 spiro atoms. The average molecular weight is 304 g/mol. The number of hydrogen-bond acceptors (Lipinski definition) is 4. The third kappa shape index (κ3) is 3.96. The van der Waals surface area contributed by atoms with Crippen molar-refractivity contribution in [2.24, 2.45) is 0 Å². The third-order valence-corrected chi connectivity index (χ3v) is 3.83. The zero-order chi connectivity index (χ0) is 15.9. The van der Waals surface area contributed by atoms with Crippen molar-refractivity contribution in [1.82, 2.24) is 15.2 Å². The predicted octanol–water partition coefficient (Wildman–Crippen LogP) is 1.28. The highest BCUT2D eigenvalue weighted by Gasteiger charge is 2.19. The number of pyridine rings is 1. The van der Waals surface area contributed by atoms with Crippen LogP contribution in [0.3, 0.4) is 0 Å². The van der Waals surface area contributed by atoms with E-state index in [9.17, 15) is 9.59 Å². The highest BCUT2D eigenvalue weighted by molar-refractivity contribution is 5.93. The van der Waals surface area contributed by atoms with Crippen molar-refractivity contribution < 1.29 is 9.59 Å². The minimum Gasteiger partial charge on any atom is -0.370 e. The normalized spacial score (nSPS) is 15.4. The van der Waals surface area contributed by atoms with Crippen LogP contribution in [0, 0.1) is 0 Å². The van der Waals surface area contributed by atoms with E-state index in [4.69, 9.17) is 0 Å². The molecule has 1 aromatic rings. The minimum absolute atomic E-state index is 0.151. The Morgan fingerprint density at radius 3 is 2.77 bits per heavy atom. The molecule has 1 N–H and O–H groups in total. The Hall–Kier alpha value is -2.11. The van der Waals surface area contributed by atoms with E-state index in [0.29, 0.717) is 18.7 Å². The van der Waals surface area contributed by atoms with Gasteiger partial charge in [-0.25, -0.2) is 0 Å². The number of carbonyl (C=O) groups excluding carboxylic acids is 2. The molecule has 0 saturated carbocycles. The van der Waals surface area contributed by atoms with Crippen LogP contribution in [0.15, 0.2) is 18.3 Å². The van der Waals surface area contributed by atoms with Crippen molar-refractivity contribution in [2.45, 2.75) is 26.7 Å². The van der Waals surface area contributed by atoms with Gasteiger partial charge >= 0.3 is 0 Å². The first kappa shape index (κ1) is 16.3. The van der Waals surface area contributed by atoms with Crippen molar-refractivity contribution in [3.05, 3.63) is 24.0 Å². The topological polar surface area (TPSA) is 65.5 Å². The molecule has 120 valence electrons. The van der Waals surface area contributed by atoms with Crippen LogP contribution in [-0.4, -0.2) is 54.4 Å². The fourth-order valence-electron chi connectivity index (χ4n) is 2.64. The monoisotopic (exact) mass is 304 g/mol. The molecule has 0 aromatic carbocycles. The molecule has 1 aromatic heterocycles. The number of nitrogens with zero attached hydrogens (tertiary/aromatic N) is 3. The van der Waals surface area contributed by atoms with Crippen molar-refractivity contribution >= 4 is 17.5 Å². The van der Waals surface area contributed by atoms with Gasteiger partial charge in [0, 0.05) is 51.0 Å². The second-order valence-corrected chi connectivity index (χ2v) is 5.33. The maximum absolute atomic E-state index is 11.9. The molecular formula is C16H24N4O2. The van der Waals surface area contributed by atoms with E-state index < -0.39 is 0 Å². The number of amides is 2. The lowest BCUT2D eigenvalue weighted by Crippen LogP contribution is -2.34. The largest absolute Gasteiger partial charge is 0.370 e. The molecule has 0 unspecified atom stereocenters. The van der Waals surface area contributed by atoms with Crippen LogP contribution < -0.4 is 10.2 Å². The van der Waals surface area contributed by atoms with E-state index in [1.165, 1.54) is 0 Å². The molecule has 1 aliphatic rings. The number of anilines is 1. The molecule has 1 aliphatic heterocycles. The van der Waals surface area contributed by atoms with E-state index in [1.54, 1.807) is 6.20 Å². The lowest BCUT2D eigenvalue weighted by Gasteiger charge is -2.23. The van der Waals surface area contributed by atoms with Gasteiger partial charge in [-0.05, 0) is 25.5 Å². The second-order valence-electron chi connectivity index (χ2n) is 5.33. The molecule has 6 heteroatoms. The van der Waals surface area contributed by atoms with E-state index in [2.05, 4.69) is 15.2 Å². The Bertz CT molecular complexity index is 533. The first-order chi connectivity index (χ1) is 10.7. The van der Waals surface area contributed by atoms with Crippen LogP contribution in [0.4, 0.5) is 5.69 Å². The molecule has 0 radical (unpaired) electrons. The molecule has 2 amide bonds. The van der Waals surface area contributed by atoms with Crippen LogP contribution in [0.1, 0.15) is 37.2 Å². The third-order valence-electron chi connectivity index (χ3n) is 3.83. The zero-order valence-corrected chi connectivity index (χ0v) is 13.3. The molecule has 2 heterocycles. The Morgan fingerprint density at radius 2 is 2.05 bits per heavy atom. The van der Waals surface area contributed by atoms with Crippen molar-refractivity contribution in [1.29, 1.82) is 0 Å². The maximum atomic E-state index is 11.9. The Morgan fingerprint density at radius 1 is 1.23 bits per heavy atom. The van der Waals surface area contributed by atoms with Gasteiger partial charge in [-0.15, -0.1) is 0 Å².